The standard InChI is InChI=1S/C18H23N5O4.C2HF3O2/c1-27-18(24)15-6-13(7-19)9-21(12-15)10-14-8-20-22(11-14)16-2-4-17(5-3-16)23(25)26;3-2(4,5)1(6)7/h2-5,8,11,13,15H,6-7,9-10,12,19H2,1H3;(H,6,7). The number of carboxylic acid groups (broad SMARTS) is 1. The zero-order chi connectivity index (χ0) is 25.5. The Kier molecular flexibility index (Phi) is 9.09. The normalized spacial score (nSPS) is 18.5. The number of carbonyl (C=O) groups excluding carboxylic acids is 1. The van der Waals surface area contributed by atoms with Gasteiger partial charge < -0.3 is 15.6 Å². The average molecular weight is 487 g/mol. The second-order valence-corrected chi connectivity index (χ2v) is 7.62. The Bertz CT molecular complexity index is 995. The van der Waals surface area contributed by atoms with Crippen LogP contribution in [-0.4, -0.2) is 69.6 Å². The molecule has 0 spiro atoms. The highest BCUT2D eigenvalue weighted by molar-refractivity contribution is 5.73. The molecule has 3 rings (SSSR count). The van der Waals surface area contributed by atoms with Crippen LogP contribution >= 0.6 is 0 Å². The predicted octanol–water partition coefficient (Wildman–Crippen LogP) is 1.98. The molecule has 0 aliphatic carbocycles. The van der Waals surface area contributed by atoms with Gasteiger partial charge in [0.2, 0.25) is 0 Å². The van der Waals surface area contributed by atoms with Crippen molar-refractivity contribution >= 4 is 17.6 Å². The third-order valence-electron chi connectivity index (χ3n) is 5.09. The summed E-state index contributed by atoms with van der Waals surface area (Å²) in [6.45, 7) is 2.64. The van der Waals surface area contributed by atoms with Crippen LogP contribution in [0.15, 0.2) is 36.7 Å². The highest BCUT2D eigenvalue weighted by Gasteiger charge is 2.38. The van der Waals surface area contributed by atoms with E-state index >= 15 is 0 Å². The third kappa shape index (κ3) is 7.52. The molecule has 186 valence electrons. The van der Waals surface area contributed by atoms with Gasteiger partial charge >= 0.3 is 18.1 Å². The Labute approximate surface area is 192 Å². The molecule has 1 aliphatic heterocycles. The lowest BCUT2D eigenvalue weighted by Gasteiger charge is -2.35. The second-order valence-electron chi connectivity index (χ2n) is 7.62. The van der Waals surface area contributed by atoms with Gasteiger partial charge in [-0.3, -0.25) is 19.8 Å². The number of methoxy groups -OCH3 is 1. The van der Waals surface area contributed by atoms with E-state index in [4.69, 9.17) is 20.4 Å². The zero-order valence-corrected chi connectivity index (χ0v) is 18.1. The summed E-state index contributed by atoms with van der Waals surface area (Å²) in [6.07, 6.45) is -0.678. The minimum absolute atomic E-state index is 0.0427. The number of esters is 1. The number of hydrogen-bond donors (Lipinski definition) is 2. The number of aromatic nitrogens is 2. The van der Waals surface area contributed by atoms with Gasteiger partial charge in [-0.05, 0) is 31.0 Å². The van der Waals surface area contributed by atoms with Gasteiger partial charge in [-0.1, -0.05) is 0 Å². The number of non-ortho nitro benzene ring substituents is 1. The summed E-state index contributed by atoms with van der Waals surface area (Å²) in [5, 5.41) is 22.2. The first-order chi connectivity index (χ1) is 15.9. The number of nitro groups is 1. The fourth-order valence-electron chi connectivity index (χ4n) is 3.51. The van der Waals surface area contributed by atoms with Crippen molar-refractivity contribution in [1.29, 1.82) is 0 Å². The molecule has 0 saturated carbocycles. The number of likely N-dealkylation sites (tertiary alicyclic amines) is 1. The molecule has 1 fully saturated rings. The van der Waals surface area contributed by atoms with E-state index in [0.717, 1.165) is 24.2 Å². The molecule has 1 aliphatic rings. The van der Waals surface area contributed by atoms with Gasteiger partial charge in [0.25, 0.3) is 5.69 Å². The smallest absolute Gasteiger partial charge is 0.475 e. The fourth-order valence-corrected chi connectivity index (χ4v) is 3.51. The number of carbonyl (C=O) groups is 2. The molecule has 3 N–H and O–H groups in total. The lowest BCUT2D eigenvalue weighted by atomic mass is 9.89. The number of nitrogens with two attached hydrogens (primary N) is 1. The largest absolute Gasteiger partial charge is 0.490 e. The Balaban J connectivity index is 0.000000509. The Morgan fingerprint density at radius 2 is 1.91 bits per heavy atom. The van der Waals surface area contributed by atoms with Gasteiger partial charge in [-0.2, -0.15) is 18.3 Å². The first kappa shape index (κ1) is 26.7. The minimum atomic E-state index is -5.08. The number of benzene rings is 1. The molecule has 0 radical (unpaired) electrons. The summed E-state index contributed by atoms with van der Waals surface area (Å²) in [5.41, 5.74) is 7.62. The molecule has 1 saturated heterocycles. The topological polar surface area (TPSA) is 154 Å². The number of carboxylic acids is 1. The highest BCUT2D eigenvalue weighted by atomic mass is 19.4. The molecule has 2 aromatic rings. The van der Waals surface area contributed by atoms with E-state index in [2.05, 4.69) is 10.00 Å². The number of piperidine rings is 1. The SMILES string of the molecule is COC(=O)C1CC(CN)CN(Cc2cnn(-c3ccc([N+](=O)[O-])cc3)c2)C1.O=C(O)C(F)(F)F. The number of ether oxygens (including phenoxy) is 1. The van der Waals surface area contributed by atoms with E-state index < -0.39 is 17.1 Å². The summed E-state index contributed by atoms with van der Waals surface area (Å²) in [6, 6.07) is 6.23. The van der Waals surface area contributed by atoms with Gasteiger partial charge in [0.15, 0.2) is 0 Å². The van der Waals surface area contributed by atoms with E-state index in [1.165, 1.54) is 19.2 Å². The van der Waals surface area contributed by atoms with E-state index in [0.29, 0.717) is 19.6 Å². The van der Waals surface area contributed by atoms with Crippen molar-refractivity contribution < 1.29 is 37.5 Å². The highest BCUT2D eigenvalue weighted by Crippen LogP contribution is 2.24. The summed E-state index contributed by atoms with van der Waals surface area (Å²) >= 11 is 0. The molecule has 0 bridgehead atoms. The van der Waals surface area contributed by atoms with Gasteiger partial charge in [-0.25, -0.2) is 9.48 Å². The van der Waals surface area contributed by atoms with Crippen LogP contribution < -0.4 is 5.73 Å². The molecule has 14 heteroatoms. The van der Waals surface area contributed by atoms with Crippen LogP contribution in [0.1, 0.15) is 12.0 Å². The quantitative estimate of drug-likeness (QED) is 0.354. The molecule has 1 aromatic carbocycles. The molecule has 34 heavy (non-hydrogen) atoms. The van der Waals surface area contributed by atoms with Crippen LogP contribution in [0.2, 0.25) is 0 Å². The van der Waals surface area contributed by atoms with Crippen molar-refractivity contribution in [2.75, 3.05) is 26.7 Å². The Morgan fingerprint density at radius 3 is 2.41 bits per heavy atom. The van der Waals surface area contributed by atoms with Crippen LogP contribution in [0.3, 0.4) is 0 Å². The first-order valence-corrected chi connectivity index (χ1v) is 10.0. The van der Waals surface area contributed by atoms with Gasteiger partial charge in [0, 0.05) is 43.5 Å². The maximum atomic E-state index is 11.9. The Morgan fingerprint density at radius 1 is 1.29 bits per heavy atom. The fraction of sp³-hybridized carbons (Fsp3) is 0.450. The summed E-state index contributed by atoms with van der Waals surface area (Å²) in [4.78, 5) is 33.4. The van der Waals surface area contributed by atoms with Gasteiger partial charge in [0.1, 0.15) is 0 Å². The minimum Gasteiger partial charge on any atom is -0.475 e. The van der Waals surface area contributed by atoms with Crippen LogP contribution in [-0.2, 0) is 20.9 Å². The van der Waals surface area contributed by atoms with Gasteiger partial charge in [-0.15, -0.1) is 0 Å². The third-order valence-corrected chi connectivity index (χ3v) is 5.09. The van der Waals surface area contributed by atoms with Crippen molar-refractivity contribution in [3.05, 3.63) is 52.3 Å². The molecule has 1 aromatic heterocycles. The maximum absolute atomic E-state index is 11.9. The first-order valence-electron chi connectivity index (χ1n) is 10.0. The summed E-state index contributed by atoms with van der Waals surface area (Å²) in [7, 11) is 1.41. The predicted molar refractivity (Wildman–Crippen MR) is 112 cm³/mol. The monoisotopic (exact) mass is 487 g/mol. The number of rotatable bonds is 6. The molecular weight excluding hydrogens is 463 g/mol. The molecule has 0 amide bonds. The molecular formula is C20H24F3N5O6. The number of nitro benzene ring substituents is 1. The van der Waals surface area contributed by atoms with Crippen LogP contribution in [0.5, 0.6) is 0 Å². The van der Waals surface area contributed by atoms with Crippen molar-refractivity contribution in [3.63, 3.8) is 0 Å². The number of halogens is 3. The van der Waals surface area contributed by atoms with Crippen molar-refractivity contribution in [2.24, 2.45) is 17.6 Å². The maximum Gasteiger partial charge on any atom is 0.490 e. The average Bonchev–Trinajstić information content (AvgIpc) is 3.26. The van der Waals surface area contributed by atoms with E-state index in [-0.39, 0.29) is 23.5 Å². The van der Waals surface area contributed by atoms with E-state index in [1.807, 2.05) is 6.20 Å². The number of aliphatic carboxylic acids is 1. The number of nitrogens with zero attached hydrogens (tertiary/aromatic N) is 4. The molecule has 2 heterocycles. The lowest BCUT2D eigenvalue weighted by molar-refractivity contribution is -0.384. The van der Waals surface area contributed by atoms with Crippen LogP contribution in [0.4, 0.5) is 18.9 Å². The van der Waals surface area contributed by atoms with E-state index in [9.17, 15) is 28.1 Å². The van der Waals surface area contributed by atoms with Crippen molar-refractivity contribution in [3.8, 4) is 5.69 Å². The number of hydrogen-bond acceptors (Lipinski definition) is 8. The van der Waals surface area contributed by atoms with Crippen LogP contribution in [0, 0.1) is 22.0 Å². The number of alkyl halides is 3. The van der Waals surface area contributed by atoms with Gasteiger partial charge in [0.05, 0.1) is 29.8 Å². The van der Waals surface area contributed by atoms with Crippen molar-refractivity contribution in [1.82, 2.24) is 14.7 Å². The molecule has 11 nitrogen and oxygen atoms in total. The lowest BCUT2D eigenvalue weighted by Crippen LogP contribution is -2.45. The molecule has 2 unspecified atom stereocenters. The Hall–Kier alpha value is -3.52. The zero-order valence-electron chi connectivity index (χ0n) is 18.1. The van der Waals surface area contributed by atoms with E-state index in [1.54, 1.807) is 23.0 Å². The summed E-state index contributed by atoms with van der Waals surface area (Å²) in [5.74, 6) is -2.86. The summed E-state index contributed by atoms with van der Waals surface area (Å²) < 4.78 is 38.3. The second kappa shape index (κ2) is 11.6. The van der Waals surface area contributed by atoms with Crippen LogP contribution in [0.25, 0.3) is 5.69 Å². The molecule has 2 atom stereocenters. The van der Waals surface area contributed by atoms with Crippen molar-refractivity contribution in [2.45, 2.75) is 19.1 Å².